The van der Waals surface area contributed by atoms with Crippen LogP contribution in [0.5, 0.6) is 0 Å². The van der Waals surface area contributed by atoms with Crippen molar-refractivity contribution < 1.29 is 4.79 Å². The van der Waals surface area contributed by atoms with Gasteiger partial charge in [0.2, 0.25) is 5.91 Å². The molecule has 1 N–H and O–H groups in total. The molecular weight excluding hydrogens is 358 g/mol. The van der Waals surface area contributed by atoms with Gasteiger partial charge in [-0.1, -0.05) is 61.0 Å². The first-order valence-corrected chi connectivity index (χ1v) is 10.7. The van der Waals surface area contributed by atoms with Crippen molar-refractivity contribution in [2.24, 2.45) is 0 Å². The van der Waals surface area contributed by atoms with Crippen molar-refractivity contribution in [1.29, 1.82) is 0 Å². The van der Waals surface area contributed by atoms with E-state index in [4.69, 9.17) is 0 Å². The lowest BCUT2D eigenvalue weighted by molar-refractivity contribution is -0.121. The number of hydrogen-bond acceptors (Lipinski definition) is 3. The van der Waals surface area contributed by atoms with Crippen LogP contribution in [0.25, 0.3) is 10.9 Å². The van der Waals surface area contributed by atoms with Crippen molar-refractivity contribution in [3.05, 3.63) is 78.0 Å². The molecule has 2 heterocycles. The highest BCUT2D eigenvalue weighted by molar-refractivity contribution is 5.81. The van der Waals surface area contributed by atoms with E-state index < -0.39 is 0 Å². The number of nitrogens with one attached hydrogen (secondary N) is 1. The number of pyridine rings is 1. The molecular formula is C25H29N3O. The summed E-state index contributed by atoms with van der Waals surface area (Å²) in [6, 6.07) is 22.3. The number of nitrogens with zero attached hydrogens (tertiary/aromatic N) is 2. The van der Waals surface area contributed by atoms with Crippen LogP contribution in [0.15, 0.2) is 66.7 Å². The van der Waals surface area contributed by atoms with Crippen molar-refractivity contribution in [1.82, 2.24) is 15.2 Å². The molecule has 1 fully saturated rings. The fraction of sp³-hybridized carbons (Fsp3) is 0.360. The van der Waals surface area contributed by atoms with Gasteiger partial charge in [0.1, 0.15) is 0 Å². The molecule has 1 aliphatic rings. The third-order valence-electron chi connectivity index (χ3n) is 5.72. The van der Waals surface area contributed by atoms with Crippen molar-refractivity contribution in [2.75, 3.05) is 19.6 Å². The number of fused-ring (bicyclic) bond motifs is 1. The van der Waals surface area contributed by atoms with Crippen molar-refractivity contribution in [3.8, 4) is 0 Å². The van der Waals surface area contributed by atoms with Gasteiger partial charge in [0.15, 0.2) is 0 Å². The number of benzene rings is 2. The SMILES string of the molecule is O=C(Cc1ccc2ccccc2n1)NC(CCN1CCCCC1)c1ccccc1. The molecule has 2 aromatic carbocycles. The third-order valence-corrected chi connectivity index (χ3v) is 5.72. The van der Waals surface area contributed by atoms with E-state index in [1.54, 1.807) is 0 Å². The van der Waals surface area contributed by atoms with Gasteiger partial charge in [0.25, 0.3) is 0 Å². The zero-order chi connectivity index (χ0) is 19.9. The van der Waals surface area contributed by atoms with Crippen LogP contribution in [-0.4, -0.2) is 35.4 Å². The zero-order valence-corrected chi connectivity index (χ0v) is 16.9. The number of carbonyl (C=O) groups is 1. The van der Waals surface area contributed by atoms with Crippen LogP contribution in [0.1, 0.15) is 43.0 Å². The maximum absolute atomic E-state index is 12.8. The minimum absolute atomic E-state index is 0.0280. The summed E-state index contributed by atoms with van der Waals surface area (Å²) in [5.41, 5.74) is 2.91. The minimum atomic E-state index is 0.0280. The van der Waals surface area contributed by atoms with Crippen LogP contribution in [-0.2, 0) is 11.2 Å². The van der Waals surface area contributed by atoms with E-state index in [9.17, 15) is 4.79 Å². The van der Waals surface area contributed by atoms with E-state index in [0.29, 0.717) is 6.42 Å². The number of amides is 1. The lowest BCUT2D eigenvalue weighted by Gasteiger charge is -2.28. The average Bonchev–Trinajstić information content (AvgIpc) is 2.78. The number of hydrogen-bond donors (Lipinski definition) is 1. The highest BCUT2D eigenvalue weighted by Crippen LogP contribution is 2.19. The second-order valence-electron chi connectivity index (χ2n) is 7.89. The number of aromatic nitrogens is 1. The topological polar surface area (TPSA) is 45.2 Å². The largest absolute Gasteiger partial charge is 0.349 e. The summed E-state index contributed by atoms with van der Waals surface area (Å²) in [5, 5.41) is 4.36. The molecule has 1 unspecified atom stereocenters. The summed E-state index contributed by atoms with van der Waals surface area (Å²) in [4.78, 5) is 20.0. The molecule has 1 amide bonds. The van der Waals surface area contributed by atoms with E-state index in [0.717, 1.165) is 29.6 Å². The first-order chi connectivity index (χ1) is 14.3. The number of likely N-dealkylation sites (tertiary alicyclic amines) is 1. The van der Waals surface area contributed by atoms with E-state index in [-0.39, 0.29) is 11.9 Å². The van der Waals surface area contributed by atoms with Crippen LogP contribution in [0.4, 0.5) is 0 Å². The van der Waals surface area contributed by atoms with E-state index in [2.05, 4.69) is 27.3 Å². The van der Waals surface area contributed by atoms with Gasteiger partial charge < -0.3 is 10.2 Å². The van der Waals surface area contributed by atoms with Gasteiger partial charge in [0, 0.05) is 11.9 Å². The maximum Gasteiger partial charge on any atom is 0.226 e. The maximum atomic E-state index is 12.8. The first-order valence-electron chi connectivity index (χ1n) is 10.7. The van der Waals surface area contributed by atoms with Gasteiger partial charge in [0.05, 0.1) is 23.7 Å². The predicted octanol–water partition coefficient (Wildman–Crippen LogP) is 4.51. The molecule has 1 aromatic heterocycles. The van der Waals surface area contributed by atoms with Gasteiger partial charge in [-0.15, -0.1) is 0 Å². The van der Waals surface area contributed by atoms with E-state index in [1.807, 2.05) is 54.6 Å². The monoisotopic (exact) mass is 387 g/mol. The van der Waals surface area contributed by atoms with Crippen molar-refractivity contribution >= 4 is 16.8 Å². The normalized spacial score (nSPS) is 15.9. The second-order valence-corrected chi connectivity index (χ2v) is 7.89. The third kappa shape index (κ3) is 5.42. The average molecular weight is 388 g/mol. The number of rotatable bonds is 7. The lowest BCUT2D eigenvalue weighted by Crippen LogP contribution is -2.35. The summed E-state index contributed by atoms with van der Waals surface area (Å²) in [6.45, 7) is 3.38. The van der Waals surface area contributed by atoms with Crippen LogP contribution in [0.2, 0.25) is 0 Å². The standard InChI is InChI=1S/C25H29N3O/c29-25(19-22-14-13-21-11-5-6-12-23(21)26-22)27-24(20-9-3-1-4-10-20)15-18-28-16-7-2-8-17-28/h1,3-6,9-14,24H,2,7-8,15-19H2,(H,27,29). The summed E-state index contributed by atoms with van der Waals surface area (Å²) >= 11 is 0. The second kappa shape index (κ2) is 9.66. The predicted molar refractivity (Wildman–Crippen MR) is 118 cm³/mol. The molecule has 4 rings (SSSR count). The quantitative estimate of drug-likeness (QED) is 0.649. The fourth-order valence-electron chi connectivity index (χ4n) is 4.12. The summed E-state index contributed by atoms with van der Waals surface area (Å²) in [5.74, 6) is 0.0280. The number of piperidine rings is 1. The Bertz CT molecular complexity index is 935. The van der Waals surface area contributed by atoms with Crippen LogP contribution >= 0.6 is 0 Å². The number of para-hydroxylation sites is 1. The lowest BCUT2D eigenvalue weighted by atomic mass is 10.0. The van der Waals surface area contributed by atoms with Gasteiger partial charge in [-0.25, -0.2) is 0 Å². The highest BCUT2D eigenvalue weighted by atomic mass is 16.1. The van der Waals surface area contributed by atoms with Crippen LogP contribution in [0.3, 0.4) is 0 Å². The zero-order valence-electron chi connectivity index (χ0n) is 16.9. The molecule has 0 saturated carbocycles. The first kappa shape index (κ1) is 19.6. The molecule has 4 nitrogen and oxygen atoms in total. The Balaban J connectivity index is 1.41. The fourth-order valence-corrected chi connectivity index (χ4v) is 4.12. The molecule has 4 heteroatoms. The van der Waals surface area contributed by atoms with Crippen molar-refractivity contribution in [2.45, 2.75) is 38.1 Å². The van der Waals surface area contributed by atoms with Crippen LogP contribution in [0, 0.1) is 0 Å². The Morgan fingerprint density at radius 2 is 1.69 bits per heavy atom. The smallest absolute Gasteiger partial charge is 0.226 e. The molecule has 0 radical (unpaired) electrons. The highest BCUT2D eigenvalue weighted by Gasteiger charge is 2.18. The number of carbonyl (C=O) groups excluding carboxylic acids is 1. The van der Waals surface area contributed by atoms with Gasteiger partial charge in [-0.05, 0) is 50.0 Å². The Kier molecular flexibility index (Phi) is 6.52. The van der Waals surface area contributed by atoms with Gasteiger partial charge >= 0.3 is 0 Å². The summed E-state index contributed by atoms with van der Waals surface area (Å²) in [6.07, 6.45) is 5.15. The Morgan fingerprint density at radius 1 is 0.931 bits per heavy atom. The Labute approximate surface area is 173 Å². The molecule has 0 aliphatic carbocycles. The molecule has 1 aliphatic heterocycles. The summed E-state index contributed by atoms with van der Waals surface area (Å²) in [7, 11) is 0. The molecule has 29 heavy (non-hydrogen) atoms. The van der Waals surface area contributed by atoms with Crippen molar-refractivity contribution in [3.63, 3.8) is 0 Å². The summed E-state index contributed by atoms with van der Waals surface area (Å²) < 4.78 is 0. The molecule has 3 aromatic rings. The molecule has 1 atom stereocenters. The van der Waals surface area contributed by atoms with Gasteiger partial charge in [-0.3, -0.25) is 9.78 Å². The van der Waals surface area contributed by atoms with E-state index >= 15 is 0 Å². The Morgan fingerprint density at radius 3 is 2.52 bits per heavy atom. The molecule has 150 valence electrons. The van der Waals surface area contributed by atoms with Gasteiger partial charge in [-0.2, -0.15) is 0 Å². The Hall–Kier alpha value is -2.72. The molecule has 0 bridgehead atoms. The van der Waals surface area contributed by atoms with E-state index in [1.165, 1.54) is 37.9 Å². The van der Waals surface area contributed by atoms with Crippen LogP contribution < -0.4 is 5.32 Å². The minimum Gasteiger partial charge on any atom is -0.349 e. The molecule has 1 saturated heterocycles. The molecule has 0 spiro atoms.